The highest BCUT2D eigenvalue weighted by Crippen LogP contribution is 2.16. The zero-order chi connectivity index (χ0) is 19.2. The lowest BCUT2D eigenvalue weighted by Crippen LogP contribution is -2.20. The normalized spacial score (nSPS) is 11.8. The van der Waals surface area contributed by atoms with Crippen LogP contribution in [0.4, 0.5) is 5.69 Å². The van der Waals surface area contributed by atoms with E-state index in [-0.39, 0.29) is 0 Å². The van der Waals surface area contributed by atoms with Gasteiger partial charge in [-0.2, -0.15) is 5.10 Å². The first-order valence-electron chi connectivity index (χ1n) is 8.83. The van der Waals surface area contributed by atoms with Crippen molar-refractivity contribution >= 4 is 40.2 Å². The Hall–Kier alpha value is -3.50. The molecular formula is C23H17ClN4. The molecule has 0 aliphatic heterocycles. The third-order valence-corrected chi connectivity index (χ3v) is 4.46. The molecule has 0 radical (unpaired) electrons. The van der Waals surface area contributed by atoms with Crippen molar-refractivity contribution in [2.75, 3.05) is 0 Å². The van der Waals surface area contributed by atoms with Crippen molar-refractivity contribution in [2.45, 2.75) is 0 Å². The van der Waals surface area contributed by atoms with Crippen LogP contribution in [0.2, 0.25) is 5.02 Å². The highest BCUT2D eigenvalue weighted by atomic mass is 35.5. The number of nitrogens with one attached hydrogen (secondary N) is 1. The Kier molecular flexibility index (Phi) is 5.41. The number of aromatic nitrogens is 1. The van der Waals surface area contributed by atoms with Gasteiger partial charge in [0, 0.05) is 16.0 Å². The third kappa shape index (κ3) is 4.24. The van der Waals surface area contributed by atoms with Gasteiger partial charge in [0.2, 0.25) is 0 Å². The average Bonchev–Trinajstić information content (AvgIpc) is 2.75. The Labute approximate surface area is 168 Å². The van der Waals surface area contributed by atoms with E-state index in [1.807, 2.05) is 91.0 Å². The molecule has 0 saturated heterocycles. The fourth-order valence-corrected chi connectivity index (χ4v) is 2.90. The summed E-state index contributed by atoms with van der Waals surface area (Å²) in [6.07, 6.45) is 1.67. The van der Waals surface area contributed by atoms with Gasteiger partial charge in [0.05, 0.1) is 17.4 Å². The molecule has 0 fully saturated rings. The molecule has 4 nitrogen and oxygen atoms in total. The van der Waals surface area contributed by atoms with Gasteiger partial charge >= 0.3 is 0 Å². The van der Waals surface area contributed by atoms with Crippen LogP contribution in [0.25, 0.3) is 10.9 Å². The SMILES string of the molecule is Clc1ccccc1/C=N\NC(=Nc1ccccc1)c1ccc2ccccc2n1. The molecule has 1 aromatic heterocycles. The summed E-state index contributed by atoms with van der Waals surface area (Å²) in [7, 11) is 0. The van der Waals surface area contributed by atoms with Gasteiger partial charge in [-0.05, 0) is 30.3 Å². The van der Waals surface area contributed by atoms with Crippen LogP contribution in [0.1, 0.15) is 11.3 Å². The van der Waals surface area contributed by atoms with Crippen molar-refractivity contribution in [2.24, 2.45) is 10.1 Å². The Morgan fingerprint density at radius 2 is 1.57 bits per heavy atom. The van der Waals surface area contributed by atoms with Crippen LogP contribution in [-0.2, 0) is 0 Å². The molecule has 0 bridgehead atoms. The van der Waals surface area contributed by atoms with Gasteiger partial charge in [-0.1, -0.05) is 72.3 Å². The Morgan fingerprint density at radius 3 is 2.43 bits per heavy atom. The van der Waals surface area contributed by atoms with Gasteiger partial charge < -0.3 is 0 Å². The summed E-state index contributed by atoms with van der Waals surface area (Å²) in [5.41, 5.74) is 6.27. The highest BCUT2D eigenvalue weighted by molar-refractivity contribution is 6.33. The topological polar surface area (TPSA) is 49.6 Å². The second-order valence-corrected chi connectivity index (χ2v) is 6.48. The maximum Gasteiger partial charge on any atom is 0.173 e. The molecule has 1 N–H and O–H groups in total. The van der Waals surface area contributed by atoms with Crippen molar-refractivity contribution < 1.29 is 0 Å². The van der Waals surface area contributed by atoms with Crippen LogP contribution in [0.3, 0.4) is 0 Å². The minimum Gasteiger partial charge on any atom is -0.260 e. The van der Waals surface area contributed by atoms with E-state index in [1.165, 1.54) is 0 Å². The summed E-state index contributed by atoms with van der Waals surface area (Å²) >= 11 is 6.19. The lowest BCUT2D eigenvalue weighted by Gasteiger charge is -2.07. The predicted octanol–water partition coefficient (Wildman–Crippen LogP) is 5.59. The molecule has 3 aromatic carbocycles. The fraction of sp³-hybridized carbons (Fsp3) is 0. The number of aliphatic imine (C=N–C) groups is 1. The first kappa shape index (κ1) is 17.9. The monoisotopic (exact) mass is 384 g/mol. The van der Waals surface area contributed by atoms with Gasteiger partial charge in [-0.3, -0.25) is 5.43 Å². The van der Waals surface area contributed by atoms with Gasteiger partial charge in [-0.15, -0.1) is 0 Å². The van der Waals surface area contributed by atoms with Gasteiger partial charge in [-0.25, -0.2) is 9.98 Å². The summed E-state index contributed by atoms with van der Waals surface area (Å²) in [6.45, 7) is 0. The van der Waals surface area contributed by atoms with Crippen LogP contribution in [0.5, 0.6) is 0 Å². The number of amidine groups is 1. The number of benzene rings is 3. The average molecular weight is 385 g/mol. The smallest absolute Gasteiger partial charge is 0.173 e. The van der Waals surface area contributed by atoms with E-state index < -0.39 is 0 Å². The Morgan fingerprint density at radius 1 is 0.821 bits per heavy atom. The number of hydrogen-bond donors (Lipinski definition) is 1. The Balaban J connectivity index is 1.69. The minimum absolute atomic E-state index is 0.556. The molecule has 0 aliphatic carbocycles. The van der Waals surface area contributed by atoms with Crippen molar-refractivity contribution in [3.05, 3.63) is 107 Å². The summed E-state index contributed by atoms with van der Waals surface area (Å²) in [4.78, 5) is 9.41. The number of rotatable bonds is 4. The van der Waals surface area contributed by atoms with Crippen molar-refractivity contribution in [1.29, 1.82) is 0 Å². The quantitative estimate of drug-likeness (QED) is 0.283. The highest BCUT2D eigenvalue weighted by Gasteiger charge is 2.06. The van der Waals surface area contributed by atoms with E-state index in [0.717, 1.165) is 22.2 Å². The van der Waals surface area contributed by atoms with E-state index in [9.17, 15) is 0 Å². The van der Waals surface area contributed by atoms with Gasteiger partial charge in [0.15, 0.2) is 5.84 Å². The molecule has 5 heteroatoms. The first-order chi connectivity index (χ1) is 13.8. The number of halogens is 1. The standard InChI is InChI=1S/C23H17ClN4/c24-20-12-6-4-9-18(20)16-25-28-23(26-19-10-2-1-3-11-19)22-15-14-17-8-5-7-13-21(17)27-22/h1-16H,(H,26,28)/b25-16-. The van der Waals surface area contributed by atoms with Gasteiger partial charge in [0.25, 0.3) is 0 Å². The van der Waals surface area contributed by atoms with E-state index in [4.69, 9.17) is 16.6 Å². The largest absolute Gasteiger partial charge is 0.260 e. The summed E-state index contributed by atoms with van der Waals surface area (Å²) < 4.78 is 0. The number of nitrogens with zero attached hydrogens (tertiary/aromatic N) is 3. The summed E-state index contributed by atoms with van der Waals surface area (Å²) in [5, 5.41) is 6.04. The molecule has 0 unspecified atom stereocenters. The molecule has 0 spiro atoms. The van der Waals surface area contributed by atoms with E-state index in [2.05, 4.69) is 15.5 Å². The summed E-state index contributed by atoms with van der Waals surface area (Å²) in [5.74, 6) is 0.556. The molecule has 0 saturated carbocycles. The number of fused-ring (bicyclic) bond motifs is 1. The molecule has 4 aromatic rings. The van der Waals surface area contributed by atoms with Crippen molar-refractivity contribution in [3.8, 4) is 0 Å². The van der Waals surface area contributed by atoms with Crippen LogP contribution < -0.4 is 5.43 Å². The van der Waals surface area contributed by atoms with Crippen molar-refractivity contribution in [3.63, 3.8) is 0 Å². The van der Waals surface area contributed by atoms with E-state index >= 15 is 0 Å². The summed E-state index contributed by atoms with van der Waals surface area (Å²) in [6, 6.07) is 29.2. The predicted molar refractivity (Wildman–Crippen MR) is 117 cm³/mol. The third-order valence-electron chi connectivity index (χ3n) is 4.12. The molecular weight excluding hydrogens is 368 g/mol. The lowest BCUT2D eigenvalue weighted by atomic mass is 10.2. The number of pyridine rings is 1. The lowest BCUT2D eigenvalue weighted by molar-refractivity contribution is 1.02. The maximum atomic E-state index is 6.19. The fourth-order valence-electron chi connectivity index (χ4n) is 2.71. The zero-order valence-corrected chi connectivity index (χ0v) is 15.7. The van der Waals surface area contributed by atoms with E-state index in [0.29, 0.717) is 16.6 Å². The van der Waals surface area contributed by atoms with E-state index in [1.54, 1.807) is 6.21 Å². The molecule has 136 valence electrons. The molecule has 0 atom stereocenters. The van der Waals surface area contributed by atoms with Crippen LogP contribution in [-0.4, -0.2) is 17.0 Å². The molecule has 28 heavy (non-hydrogen) atoms. The second kappa shape index (κ2) is 8.46. The van der Waals surface area contributed by atoms with Crippen LogP contribution in [0, 0.1) is 0 Å². The minimum atomic E-state index is 0.556. The number of hydrazone groups is 1. The molecule has 0 amide bonds. The van der Waals surface area contributed by atoms with Crippen LogP contribution >= 0.6 is 11.6 Å². The van der Waals surface area contributed by atoms with Crippen LogP contribution in [0.15, 0.2) is 101 Å². The van der Waals surface area contributed by atoms with Gasteiger partial charge in [0.1, 0.15) is 5.69 Å². The zero-order valence-electron chi connectivity index (χ0n) is 15.0. The Bertz CT molecular complexity index is 1150. The second-order valence-electron chi connectivity index (χ2n) is 6.08. The first-order valence-corrected chi connectivity index (χ1v) is 9.21. The molecule has 0 aliphatic rings. The molecule has 1 heterocycles. The molecule has 4 rings (SSSR count). The maximum absolute atomic E-state index is 6.19. The van der Waals surface area contributed by atoms with Crippen molar-refractivity contribution in [1.82, 2.24) is 10.4 Å². The number of hydrogen-bond acceptors (Lipinski definition) is 3. The number of para-hydroxylation sites is 2.